The topological polar surface area (TPSA) is 82.9 Å². The van der Waals surface area contributed by atoms with Crippen LogP contribution in [-0.4, -0.2) is 52.8 Å². The molecule has 1 aliphatic rings. The van der Waals surface area contributed by atoms with Crippen LogP contribution in [0.25, 0.3) is 10.9 Å². The normalized spacial score (nSPS) is 19.0. The van der Waals surface area contributed by atoms with Crippen molar-refractivity contribution in [1.29, 1.82) is 0 Å². The molecule has 0 saturated carbocycles. The number of carbonyl (C=O) groups is 1. The van der Waals surface area contributed by atoms with Crippen molar-refractivity contribution in [3.8, 4) is 17.6 Å². The number of methoxy groups -OCH3 is 1. The van der Waals surface area contributed by atoms with Gasteiger partial charge in [0.05, 0.1) is 36.8 Å². The predicted octanol–water partition coefficient (Wildman–Crippen LogP) is 5.15. The van der Waals surface area contributed by atoms with E-state index in [1.807, 2.05) is 23.1 Å². The van der Waals surface area contributed by atoms with Crippen LogP contribution in [0.3, 0.4) is 0 Å². The number of piperidine rings is 1. The van der Waals surface area contributed by atoms with Crippen molar-refractivity contribution in [1.82, 2.24) is 9.88 Å². The number of carboxylic acids is 1. The Hall–Kier alpha value is -3.61. The van der Waals surface area contributed by atoms with E-state index in [1.165, 1.54) is 12.1 Å². The number of fused-ring (bicyclic) bond motifs is 1. The van der Waals surface area contributed by atoms with Crippen LogP contribution in [-0.2, 0) is 11.0 Å². The van der Waals surface area contributed by atoms with Gasteiger partial charge >= 0.3 is 12.1 Å². The Morgan fingerprint density at radius 2 is 1.97 bits per heavy atom. The lowest BCUT2D eigenvalue weighted by molar-refractivity contribution is -0.146. The Labute approximate surface area is 219 Å². The molecule has 9 heteroatoms. The second-order valence-corrected chi connectivity index (χ2v) is 9.48. The predicted molar refractivity (Wildman–Crippen MR) is 136 cm³/mol. The highest BCUT2D eigenvalue weighted by atomic mass is 19.4. The van der Waals surface area contributed by atoms with Gasteiger partial charge in [-0.15, -0.1) is 0 Å². The number of likely N-dealkylation sites (tertiary alicyclic amines) is 1. The minimum Gasteiger partial charge on any atom is -0.497 e. The van der Waals surface area contributed by atoms with Crippen molar-refractivity contribution >= 4 is 16.9 Å². The second kappa shape index (κ2) is 11.8. The number of nitrogens with zero attached hydrogens (tertiary/aromatic N) is 2. The molecule has 2 N–H and O–H groups in total. The fourth-order valence-corrected chi connectivity index (χ4v) is 4.92. The molecule has 6 nitrogen and oxygen atoms in total. The standard InChI is InChI=1S/C29H29F3N2O4/c1-38-22-9-10-26-24(17-22)23(12-14-33-26)27(35)11-6-20-13-16-34(18-25(20)28(36)37)15-2-3-19-4-7-21(8-5-19)29(30,31)32/h4-5,7-10,12,14,17,20,25,27,35H,6,11,13,15-16,18H2,1H3,(H,36,37)/t20-,25+,27-/m1/s1. The molecule has 0 radical (unpaired) electrons. The molecule has 38 heavy (non-hydrogen) atoms. The maximum absolute atomic E-state index is 12.7. The van der Waals surface area contributed by atoms with Gasteiger partial charge in [0.1, 0.15) is 5.75 Å². The molecule has 0 bridgehead atoms. The molecule has 3 aromatic rings. The molecule has 2 heterocycles. The van der Waals surface area contributed by atoms with Crippen LogP contribution in [0.15, 0.2) is 54.7 Å². The Bertz CT molecular complexity index is 1330. The van der Waals surface area contributed by atoms with Gasteiger partial charge in [-0.2, -0.15) is 13.2 Å². The number of halogens is 3. The molecule has 0 amide bonds. The fourth-order valence-electron chi connectivity index (χ4n) is 4.92. The number of ether oxygens (including phenoxy) is 1. The summed E-state index contributed by atoms with van der Waals surface area (Å²) in [6, 6.07) is 11.9. The number of aliphatic hydroxyl groups is 1. The Morgan fingerprint density at radius 3 is 2.66 bits per heavy atom. The average Bonchev–Trinajstić information content (AvgIpc) is 2.91. The van der Waals surface area contributed by atoms with Crippen LogP contribution in [0.1, 0.15) is 42.1 Å². The average molecular weight is 527 g/mol. The van der Waals surface area contributed by atoms with E-state index in [0.717, 1.165) is 28.6 Å². The smallest absolute Gasteiger partial charge is 0.416 e. The number of hydrogen-bond acceptors (Lipinski definition) is 5. The summed E-state index contributed by atoms with van der Waals surface area (Å²) < 4.78 is 43.4. The molecule has 1 saturated heterocycles. The Morgan fingerprint density at radius 1 is 1.21 bits per heavy atom. The first-order valence-corrected chi connectivity index (χ1v) is 12.4. The monoisotopic (exact) mass is 526 g/mol. The van der Waals surface area contributed by atoms with Gasteiger partial charge in [0, 0.05) is 23.7 Å². The third kappa shape index (κ3) is 6.63. The van der Waals surface area contributed by atoms with Crippen molar-refractivity contribution in [2.24, 2.45) is 11.8 Å². The van der Waals surface area contributed by atoms with Crippen molar-refractivity contribution in [3.63, 3.8) is 0 Å². The minimum atomic E-state index is -4.39. The maximum atomic E-state index is 12.7. The van der Waals surface area contributed by atoms with E-state index in [0.29, 0.717) is 50.2 Å². The molecule has 3 atom stereocenters. The number of hydrogen-bond donors (Lipinski definition) is 2. The van der Waals surface area contributed by atoms with E-state index >= 15 is 0 Å². The van der Waals surface area contributed by atoms with Crippen LogP contribution in [0.2, 0.25) is 0 Å². The van der Waals surface area contributed by atoms with Crippen LogP contribution in [0.5, 0.6) is 5.75 Å². The van der Waals surface area contributed by atoms with E-state index in [1.54, 1.807) is 19.4 Å². The molecule has 0 unspecified atom stereocenters. The lowest BCUT2D eigenvalue weighted by Gasteiger charge is -2.36. The zero-order valence-corrected chi connectivity index (χ0v) is 20.9. The van der Waals surface area contributed by atoms with Crippen LogP contribution in [0.4, 0.5) is 13.2 Å². The fraction of sp³-hybridized carbons (Fsp3) is 0.379. The van der Waals surface area contributed by atoms with E-state index in [-0.39, 0.29) is 5.92 Å². The summed E-state index contributed by atoms with van der Waals surface area (Å²) in [7, 11) is 1.58. The molecular weight excluding hydrogens is 497 g/mol. The van der Waals surface area contributed by atoms with Crippen LogP contribution >= 0.6 is 0 Å². The summed E-state index contributed by atoms with van der Waals surface area (Å²) in [6.07, 6.45) is -1.89. The van der Waals surface area contributed by atoms with Crippen molar-refractivity contribution in [2.75, 3.05) is 26.7 Å². The molecule has 4 rings (SSSR count). The number of aromatic nitrogens is 1. The van der Waals surface area contributed by atoms with Crippen molar-refractivity contribution in [2.45, 2.75) is 31.5 Å². The van der Waals surface area contributed by atoms with Gasteiger partial charge in [0.15, 0.2) is 0 Å². The lowest BCUT2D eigenvalue weighted by atomic mass is 9.81. The van der Waals surface area contributed by atoms with Gasteiger partial charge in [-0.25, -0.2) is 0 Å². The summed E-state index contributed by atoms with van der Waals surface area (Å²) in [5.74, 6) is 4.89. The van der Waals surface area contributed by atoms with Crippen LogP contribution < -0.4 is 4.74 Å². The van der Waals surface area contributed by atoms with Crippen molar-refractivity contribution < 1.29 is 32.9 Å². The third-order valence-corrected chi connectivity index (χ3v) is 7.06. The number of pyridine rings is 1. The summed E-state index contributed by atoms with van der Waals surface area (Å²) in [4.78, 5) is 18.3. The quantitative estimate of drug-likeness (QED) is 0.415. The summed E-state index contributed by atoms with van der Waals surface area (Å²) >= 11 is 0. The van der Waals surface area contributed by atoms with Gasteiger partial charge < -0.3 is 14.9 Å². The first-order chi connectivity index (χ1) is 18.2. The van der Waals surface area contributed by atoms with E-state index < -0.39 is 29.7 Å². The first-order valence-electron chi connectivity index (χ1n) is 12.4. The van der Waals surface area contributed by atoms with Gasteiger partial charge in [0.2, 0.25) is 0 Å². The zero-order valence-electron chi connectivity index (χ0n) is 20.9. The highest BCUT2D eigenvalue weighted by molar-refractivity contribution is 5.83. The van der Waals surface area contributed by atoms with Gasteiger partial charge in [0.25, 0.3) is 0 Å². The number of aliphatic carboxylic acids is 1. The van der Waals surface area contributed by atoms with Crippen LogP contribution in [0, 0.1) is 23.7 Å². The molecule has 1 aromatic heterocycles. The first kappa shape index (κ1) is 27.4. The minimum absolute atomic E-state index is 0.0936. The molecule has 1 fully saturated rings. The Balaban J connectivity index is 1.35. The number of alkyl halides is 3. The molecular formula is C29H29F3N2O4. The second-order valence-electron chi connectivity index (χ2n) is 9.48. The molecule has 2 aromatic carbocycles. The Kier molecular flexibility index (Phi) is 8.55. The highest BCUT2D eigenvalue weighted by Gasteiger charge is 2.34. The molecule has 200 valence electrons. The highest BCUT2D eigenvalue weighted by Crippen LogP contribution is 2.34. The van der Waals surface area contributed by atoms with E-state index in [9.17, 15) is 28.2 Å². The van der Waals surface area contributed by atoms with Gasteiger partial charge in [-0.05, 0) is 85.8 Å². The molecule has 0 spiro atoms. The lowest BCUT2D eigenvalue weighted by Crippen LogP contribution is -2.44. The zero-order chi connectivity index (χ0) is 27.3. The van der Waals surface area contributed by atoms with E-state index in [2.05, 4.69) is 16.8 Å². The third-order valence-electron chi connectivity index (χ3n) is 7.06. The van der Waals surface area contributed by atoms with Crippen molar-refractivity contribution in [3.05, 3.63) is 71.4 Å². The largest absolute Gasteiger partial charge is 0.497 e. The van der Waals surface area contributed by atoms with E-state index in [4.69, 9.17) is 4.74 Å². The summed E-state index contributed by atoms with van der Waals surface area (Å²) in [5, 5.41) is 21.6. The molecule has 1 aliphatic heterocycles. The van der Waals surface area contributed by atoms with Gasteiger partial charge in [-0.3, -0.25) is 14.7 Å². The molecule has 0 aliphatic carbocycles. The summed E-state index contributed by atoms with van der Waals surface area (Å²) in [6.45, 7) is 1.31. The number of aliphatic hydroxyl groups excluding tert-OH is 1. The van der Waals surface area contributed by atoms with Gasteiger partial charge in [-0.1, -0.05) is 11.8 Å². The number of rotatable bonds is 7. The summed E-state index contributed by atoms with van der Waals surface area (Å²) in [5.41, 5.74) is 1.22. The number of carboxylic acid groups (broad SMARTS) is 1. The SMILES string of the molecule is COc1ccc2nccc([C@H](O)CC[C@@H]3CCN(CC#Cc4ccc(C(F)(F)F)cc4)C[C@@H]3C(=O)O)c2c1. The number of benzene rings is 2. The maximum Gasteiger partial charge on any atom is 0.416 e.